The van der Waals surface area contributed by atoms with Gasteiger partial charge in [-0.2, -0.15) is 0 Å². The van der Waals surface area contributed by atoms with E-state index >= 15 is 0 Å². The summed E-state index contributed by atoms with van der Waals surface area (Å²) in [6, 6.07) is 29.2. The van der Waals surface area contributed by atoms with Crippen molar-refractivity contribution in [2.75, 3.05) is 7.11 Å². The first kappa shape index (κ1) is 19.4. The summed E-state index contributed by atoms with van der Waals surface area (Å²) in [5, 5.41) is 5.25. The van der Waals surface area contributed by atoms with Gasteiger partial charge in [-0.1, -0.05) is 72.3 Å². The van der Waals surface area contributed by atoms with Gasteiger partial charge in [0, 0.05) is 29.6 Å². The smallest absolute Gasteiger partial charge is 0.134 e. The highest BCUT2D eigenvalue weighted by Gasteiger charge is 2.14. The van der Waals surface area contributed by atoms with E-state index < -0.39 is 0 Å². The van der Waals surface area contributed by atoms with Crippen molar-refractivity contribution in [1.82, 2.24) is 10.3 Å². The van der Waals surface area contributed by atoms with Crippen LogP contribution in [0.5, 0.6) is 5.75 Å². The average Bonchev–Trinajstić information content (AvgIpc) is 2.77. The van der Waals surface area contributed by atoms with Crippen LogP contribution in [0, 0.1) is 0 Å². The van der Waals surface area contributed by atoms with Gasteiger partial charge in [-0.15, -0.1) is 0 Å². The van der Waals surface area contributed by atoms with Crippen LogP contribution in [0.3, 0.4) is 0 Å². The van der Waals surface area contributed by atoms with E-state index in [4.69, 9.17) is 16.3 Å². The molecule has 4 rings (SSSR count). The quantitative estimate of drug-likeness (QED) is 0.386. The zero-order valence-electron chi connectivity index (χ0n) is 16.3. The number of nitrogens with one attached hydrogen (secondary N) is 1. The Morgan fingerprint density at radius 3 is 2.38 bits per heavy atom. The molecule has 0 saturated carbocycles. The van der Waals surface area contributed by atoms with Crippen LogP contribution in [-0.4, -0.2) is 12.1 Å². The molecule has 0 aliphatic rings. The Morgan fingerprint density at radius 1 is 0.931 bits per heavy atom. The summed E-state index contributed by atoms with van der Waals surface area (Å²) < 4.78 is 5.28. The molecule has 0 aliphatic carbocycles. The number of benzene rings is 3. The zero-order valence-corrected chi connectivity index (χ0v) is 17.1. The lowest BCUT2D eigenvalue weighted by Crippen LogP contribution is -2.23. The van der Waals surface area contributed by atoms with Crippen molar-refractivity contribution in [3.05, 3.63) is 107 Å². The summed E-state index contributed by atoms with van der Waals surface area (Å²) in [7, 11) is 1.65. The molecule has 0 unspecified atom stereocenters. The van der Waals surface area contributed by atoms with Crippen molar-refractivity contribution in [2.45, 2.75) is 19.0 Å². The largest absolute Gasteiger partial charge is 0.497 e. The predicted octanol–water partition coefficient (Wildman–Crippen LogP) is 5.97. The van der Waals surface area contributed by atoms with Gasteiger partial charge >= 0.3 is 0 Å². The minimum absolute atomic E-state index is 0.182. The van der Waals surface area contributed by atoms with Gasteiger partial charge in [0.05, 0.1) is 12.6 Å². The topological polar surface area (TPSA) is 34.1 Å². The van der Waals surface area contributed by atoms with Gasteiger partial charge in [-0.3, -0.25) is 0 Å². The highest BCUT2D eigenvalue weighted by Crippen LogP contribution is 2.25. The van der Waals surface area contributed by atoms with Crippen LogP contribution in [0.4, 0.5) is 0 Å². The maximum atomic E-state index is 6.50. The fraction of sp³-hybridized carbons (Fsp3) is 0.160. The second-order valence-electron chi connectivity index (χ2n) is 7.03. The molecule has 0 bridgehead atoms. The summed E-state index contributed by atoms with van der Waals surface area (Å²) in [6.45, 7) is 0.639. The van der Waals surface area contributed by atoms with Crippen LogP contribution >= 0.6 is 11.6 Å². The van der Waals surface area contributed by atoms with Crippen molar-refractivity contribution in [3.63, 3.8) is 0 Å². The van der Waals surface area contributed by atoms with E-state index in [0.29, 0.717) is 11.7 Å². The van der Waals surface area contributed by atoms with Gasteiger partial charge in [0.15, 0.2) is 0 Å². The standard InChI is InChI=1S/C25H23ClN2O/c1-29-22-13-12-20-15-21(25(26)28-24(20)16-22)17-27-23(19-10-6-3-7-11-19)14-18-8-4-2-5-9-18/h2-13,15-16,23,27H,14,17H2,1H3/t23-/m0/s1. The van der Waals surface area contributed by atoms with Crippen LogP contribution in [0.1, 0.15) is 22.7 Å². The van der Waals surface area contributed by atoms with Crippen molar-refractivity contribution >= 4 is 22.5 Å². The molecule has 0 fully saturated rings. The van der Waals surface area contributed by atoms with E-state index in [-0.39, 0.29) is 6.04 Å². The summed E-state index contributed by atoms with van der Waals surface area (Å²) in [6.07, 6.45) is 0.903. The van der Waals surface area contributed by atoms with E-state index in [1.54, 1.807) is 7.11 Å². The molecule has 1 N–H and O–H groups in total. The number of ether oxygens (including phenoxy) is 1. The third-order valence-electron chi connectivity index (χ3n) is 5.07. The first-order chi connectivity index (χ1) is 14.2. The SMILES string of the molecule is COc1ccc2cc(CN[C@@H](Cc3ccccc3)c3ccccc3)c(Cl)nc2c1. The summed E-state index contributed by atoms with van der Waals surface area (Å²) in [5.74, 6) is 0.777. The van der Waals surface area contributed by atoms with Crippen molar-refractivity contribution in [1.29, 1.82) is 0 Å². The second-order valence-corrected chi connectivity index (χ2v) is 7.39. The minimum Gasteiger partial charge on any atom is -0.497 e. The van der Waals surface area contributed by atoms with Gasteiger partial charge in [0.1, 0.15) is 10.9 Å². The number of halogens is 1. The van der Waals surface area contributed by atoms with Crippen LogP contribution in [0.25, 0.3) is 10.9 Å². The van der Waals surface area contributed by atoms with Crippen LogP contribution in [-0.2, 0) is 13.0 Å². The number of nitrogens with zero attached hydrogens (tertiary/aromatic N) is 1. The van der Waals surface area contributed by atoms with E-state index in [1.165, 1.54) is 11.1 Å². The number of methoxy groups -OCH3 is 1. The number of hydrogen-bond acceptors (Lipinski definition) is 3. The molecule has 4 aromatic rings. The van der Waals surface area contributed by atoms with Crippen molar-refractivity contribution in [2.24, 2.45) is 0 Å². The third kappa shape index (κ3) is 4.76. The van der Waals surface area contributed by atoms with E-state index in [0.717, 1.165) is 28.6 Å². The lowest BCUT2D eigenvalue weighted by molar-refractivity contribution is 0.415. The molecule has 0 saturated heterocycles. The first-order valence-corrected chi connectivity index (χ1v) is 10.1. The fourth-order valence-corrected chi connectivity index (χ4v) is 3.71. The first-order valence-electron chi connectivity index (χ1n) is 9.68. The Morgan fingerprint density at radius 2 is 1.66 bits per heavy atom. The van der Waals surface area contributed by atoms with Gasteiger partial charge < -0.3 is 10.1 Å². The number of hydrogen-bond donors (Lipinski definition) is 1. The maximum Gasteiger partial charge on any atom is 0.134 e. The number of aromatic nitrogens is 1. The average molecular weight is 403 g/mol. The molecule has 0 spiro atoms. The van der Waals surface area contributed by atoms with Crippen molar-refractivity contribution in [3.8, 4) is 5.75 Å². The monoisotopic (exact) mass is 402 g/mol. The highest BCUT2D eigenvalue weighted by atomic mass is 35.5. The van der Waals surface area contributed by atoms with E-state index in [2.05, 4.69) is 64.9 Å². The Balaban J connectivity index is 1.57. The summed E-state index contributed by atoms with van der Waals surface area (Å²) >= 11 is 6.50. The van der Waals surface area contributed by atoms with Crippen LogP contribution < -0.4 is 10.1 Å². The molecule has 1 heterocycles. The summed E-state index contributed by atoms with van der Waals surface area (Å²) in [5.41, 5.74) is 4.37. The Labute approximate surface area is 176 Å². The molecule has 1 aromatic heterocycles. The molecular weight excluding hydrogens is 380 g/mol. The van der Waals surface area contributed by atoms with Gasteiger partial charge in [-0.25, -0.2) is 4.98 Å². The molecule has 3 aromatic carbocycles. The molecule has 0 radical (unpaired) electrons. The molecule has 4 heteroatoms. The van der Waals surface area contributed by atoms with Gasteiger partial charge in [0.2, 0.25) is 0 Å². The number of fused-ring (bicyclic) bond motifs is 1. The highest BCUT2D eigenvalue weighted by molar-refractivity contribution is 6.30. The fourth-order valence-electron chi connectivity index (χ4n) is 3.49. The number of pyridine rings is 1. The normalized spacial score (nSPS) is 12.1. The Kier molecular flexibility index (Phi) is 6.09. The second kappa shape index (κ2) is 9.08. The third-order valence-corrected chi connectivity index (χ3v) is 5.40. The van der Waals surface area contributed by atoms with Crippen LogP contribution in [0.2, 0.25) is 5.15 Å². The Bertz CT molecular complexity index is 1080. The molecule has 0 amide bonds. The van der Waals surface area contributed by atoms with Gasteiger partial charge in [-0.05, 0) is 35.7 Å². The van der Waals surface area contributed by atoms with E-state index in [1.807, 2.05) is 30.3 Å². The zero-order chi connectivity index (χ0) is 20.1. The lowest BCUT2D eigenvalue weighted by Gasteiger charge is -2.20. The molecule has 29 heavy (non-hydrogen) atoms. The van der Waals surface area contributed by atoms with E-state index in [9.17, 15) is 0 Å². The van der Waals surface area contributed by atoms with Crippen molar-refractivity contribution < 1.29 is 4.74 Å². The van der Waals surface area contributed by atoms with Crippen LogP contribution in [0.15, 0.2) is 84.9 Å². The molecular formula is C25H23ClN2O. The molecule has 146 valence electrons. The minimum atomic E-state index is 0.182. The molecule has 0 aliphatic heterocycles. The maximum absolute atomic E-state index is 6.50. The number of rotatable bonds is 7. The van der Waals surface area contributed by atoms with Gasteiger partial charge in [0.25, 0.3) is 0 Å². The molecule has 3 nitrogen and oxygen atoms in total. The predicted molar refractivity (Wildman–Crippen MR) is 119 cm³/mol. The molecule has 1 atom stereocenters. The summed E-state index contributed by atoms with van der Waals surface area (Å²) in [4.78, 5) is 4.56. The lowest BCUT2D eigenvalue weighted by atomic mass is 9.98. The Hall–Kier alpha value is -2.88.